The first kappa shape index (κ1) is 13.7. The molecule has 0 saturated carbocycles. The molecular formula is C12H15BBrNO3. The molecule has 2 rings (SSSR count). The molecule has 96 valence electrons. The molecule has 0 spiro atoms. The van der Waals surface area contributed by atoms with Gasteiger partial charge in [0, 0.05) is 27.9 Å². The van der Waals surface area contributed by atoms with Gasteiger partial charge in [-0.1, -0.05) is 0 Å². The van der Waals surface area contributed by atoms with E-state index in [4.69, 9.17) is 9.31 Å². The minimum atomic E-state index is -0.569. The van der Waals surface area contributed by atoms with Gasteiger partial charge < -0.3 is 9.31 Å². The standard InChI is InChI=1S/C12H15BBrNO3/c1-11(2)12(3,4)18-13(17-11)9-5-15-6-10(14)8(9)7-16/h5-7H,1-4H3. The lowest BCUT2D eigenvalue weighted by molar-refractivity contribution is 0.00578. The van der Waals surface area contributed by atoms with E-state index in [2.05, 4.69) is 20.9 Å². The molecule has 1 aliphatic heterocycles. The Morgan fingerprint density at radius 1 is 1.22 bits per heavy atom. The molecule has 0 amide bonds. The fraction of sp³-hybridized carbons (Fsp3) is 0.500. The van der Waals surface area contributed by atoms with Crippen molar-refractivity contribution in [1.82, 2.24) is 4.98 Å². The molecule has 1 saturated heterocycles. The highest BCUT2D eigenvalue weighted by Crippen LogP contribution is 2.36. The van der Waals surface area contributed by atoms with Gasteiger partial charge in [-0.25, -0.2) is 0 Å². The third-order valence-electron chi connectivity index (χ3n) is 3.59. The van der Waals surface area contributed by atoms with Crippen molar-refractivity contribution in [1.29, 1.82) is 0 Å². The van der Waals surface area contributed by atoms with Crippen molar-refractivity contribution < 1.29 is 14.1 Å². The Labute approximate surface area is 115 Å². The van der Waals surface area contributed by atoms with Crippen molar-refractivity contribution >= 4 is 34.8 Å². The Bertz CT molecular complexity index is 474. The number of carbonyl (C=O) groups excluding carboxylic acids is 1. The number of carbonyl (C=O) groups is 1. The van der Waals surface area contributed by atoms with E-state index >= 15 is 0 Å². The van der Waals surface area contributed by atoms with Gasteiger partial charge in [0.05, 0.1) is 11.2 Å². The van der Waals surface area contributed by atoms with Gasteiger partial charge in [-0.15, -0.1) is 0 Å². The first-order valence-electron chi connectivity index (χ1n) is 5.73. The molecule has 0 aliphatic carbocycles. The number of hydrogen-bond donors (Lipinski definition) is 0. The lowest BCUT2D eigenvalue weighted by Crippen LogP contribution is -2.41. The van der Waals surface area contributed by atoms with Crippen LogP contribution >= 0.6 is 15.9 Å². The zero-order valence-corrected chi connectivity index (χ0v) is 12.4. The van der Waals surface area contributed by atoms with Crippen LogP contribution in [0, 0.1) is 0 Å². The first-order chi connectivity index (χ1) is 8.28. The van der Waals surface area contributed by atoms with E-state index < -0.39 is 18.3 Å². The minimum Gasteiger partial charge on any atom is -0.399 e. The maximum Gasteiger partial charge on any atom is 0.497 e. The highest BCUT2D eigenvalue weighted by atomic mass is 79.9. The van der Waals surface area contributed by atoms with Crippen molar-refractivity contribution in [2.45, 2.75) is 38.9 Å². The average Bonchev–Trinajstić information content (AvgIpc) is 2.47. The maximum atomic E-state index is 11.2. The molecule has 6 heteroatoms. The van der Waals surface area contributed by atoms with Crippen molar-refractivity contribution in [2.75, 3.05) is 0 Å². The molecule has 18 heavy (non-hydrogen) atoms. The molecule has 2 heterocycles. The molecule has 1 aromatic heterocycles. The summed E-state index contributed by atoms with van der Waals surface area (Å²) >= 11 is 3.31. The van der Waals surface area contributed by atoms with E-state index in [9.17, 15) is 4.79 Å². The van der Waals surface area contributed by atoms with Gasteiger partial charge in [-0.2, -0.15) is 0 Å². The van der Waals surface area contributed by atoms with E-state index in [0.717, 1.165) is 6.29 Å². The zero-order valence-electron chi connectivity index (χ0n) is 10.9. The van der Waals surface area contributed by atoms with Gasteiger partial charge in [0.15, 0.2) is 6.29 Å². The Morgan fingerprint density at radius 2 is 1.78 bits per heavy atom. The quantitative estimate of drug-likeness (QED) is 0.619. The number of aromatic nitrogens is 1. The summed E-state index contributed by atoms with van der Waals surface area (Å²) < 4.78 is 12.5. The fourth-order valence-electron chi connectivity index (χ4n) is 1.74. The molecule has 0 atom stereocenters. The second kappa shape index (κ2) is 4.44. The highest BCUT2D eigenvalue weighted by molar-refractivity contribution is 9.10. The van der Waals surface area contributed by atoms with Gasteiger partial charge in [0.25, 0.3) is 0 Å². The van der Waals surface area contributed by atoms with Crippen LogP contribution in [0.2, 0.25) is 0 Å². The van der Waals surface area contributed by atoms with Crippen LogP contribution in [-0.4, -0.2) is 29.6 Å². The second-order valence-corrected chi connectivity index (χ2v) is 6.18. The van der Waals surface area contributed by atoms with E-state index in [-0.39, 0.29) is 0 Å². The summed E-state index contributed by atoms with van der Waals surface area (Å²) in [6.45, 7) is 7.88. The van der Waals surface area contributed by atoms with Crippen LogP contribution in [0.4, 0.5) is 0 Å². The van der Waals surface area contributed by atoms with Crippen LogP contribution in [0.3, 0.4) is 0 Å². The van der Waals surface area contributed by atoms with Crippen LogP contribution in [0.1, 0.15) is 38.1 Å². The number of halogens is 1. The van der Waals surface area contributed by atoms with Crippen molar-refractivity contribution in [3.63, 3.8) is 0 Å². The molecule has 0 aromatic carbocycles. The Balaban J connectivity index is 2.41. The van der Waals surface area contributed by atoms with Crippen LogP contribution in [0.25, 0.3) is 0 Å². The number of nitrogens with zero attached hydrogens (tertiary/aromatic N) is 1. The molecule has 0 unspecified atom stereocenters. The Kier molecular flexibility index (Phi) is 3.38. The summed E-state index contributed by atoms with van der Waals surface area (Å²) in [7, 11) is -0.569. The monoisotopic (exact) mass is 311 g/mol. The predicted molar refractivity (Wildman–Crippen MR) is 73.0 cm³/mol. The van der Waals surface area contributed by atoms with E-state index in [1.165, 1.54) is 0 Å². The van der Waals surface area contributed by atoms with Crippen molar-refractivity contribution in [3.05, 3.63) is 22.4 Å². The normalized spacial score (nSPS) is 21.1. The average molecular weight is 312 g/mol. The summed E-state index contributed by atoms with van der Waals surface area (Å²) in [5, 5.41) is 0. The zero-order chi connectivity index (χ0) is 13.6. The molecule has 1 aromatic rings. The SMILES string of the molecule is CC1(C)OB(c2cncc(Br)c2C=O)OC1(C)C. The minimum absolute atomic E-state index is 0.430. The summed E-state index contributed by atoms with van der Waals surface area (Å²) in [4.78, 5) is 15.2. The molecule has 1 aliphatic rings. The van der Waals surface area contributed by atoms with Crippen molar-refractivity contribution in [3.8, 4) is 0 Å². The van der Waals surface area contributed by atoms with Gasteiger partial charge >= 0.3 is 7.12 Å². The van der Waals surface area contributed by atoms with Crippen LogP contribution in [0.15, 0.2) is 16.9 Å². The molecule has 0 radical (unpaired) electrons. The second-order valence-electron chi connectivity index (χ2n) is 5.33. The van der Waals surface area contributed by atoms with Gasteiger partial charge in [0.1, 0.15) is 0 Å². The van der Waals surface area contributed by atoms with Crippen LogP contribution in [0.5, 0.6) is 0 Å². The number of rotatable bonds is 2. The molecule has 4 nitrogen and oxygen atoms in total. The summed E-state index contributed by atoms with van der Waals surface area (Å²) in [6.07, 6.45) is 3.97. The van der Waals surface area contributed by atoms with E-state index in [1.807, 2.05) is 27.7 Å². The lowest BCUT2D eigenvalue weighted by Gasteiger charge is -2.32. The van der Waals surface area contributed by atoms with Gasteiger partial charge in [-0.3, -0.25) is 9.78 Å². The summed E-state index contributed by atoms with van der Waals surface area (Å²) in [5.74, 6) is 0. The predicted octanol–water partition coefficient (Wildman–Crippen LogP) is 1.96. The maximum absolute atomic E-state index is 11.2. The summed E-state index contributed by atoms with van der Waals surface area (Å²) in [6, 6.07) is 0. The largest absolute Gasteiger partial charge is 0.497 e. The fourth-order valence-corrected chi connectivity index (χ4v) is 2.18. The Hall–Kier alpha value is -0.715. The number of hydrogen-bond acceptors (Lipinski definition) is 4. The van der Waals surface area contributed by atoms with E-state index in [0.29, 0.717) is 15.5 Å². The van der Waals surface area contributed by atoms with Crippen molar-refractivity contribution in [2.24, 2.45) is 0 Å². The molecule has 0 bridgehead atoms. The molecule has 0 N–H and O–H groups in total. The molecular weight excluding hydrogens is 297 g/mol. The van der Waals surface area contributed by atoms with Crippen LogP contribution in [-0.2, 0) is 9.31 Å². The third kappa shape index (κ3) is 2.13. The molecule has 1 fully saturated rings. The topological polar surface area (TPSA) is 48.4 Å². The van der Waals surface area contributed by atoms with Gasteiger partial charge in [-0.05, 0) is 43.6 Å². The smallest absolute Gasteiger partial charge is 0.399 e. The number of aldehydes is 1. The van der Waals surface area contributed by atoms with E-state index in [1.54, 1.807) is 12.4 Å². The first-order valence-corrected chi connectivity index (χ1v) is 6.52. The number of pyridine rings is 1. The van der Waals surface area contributed by atoms with Gasteiger partial charge in [0.2, 0.25) is 0 Å². The highest BCUT2D eigenvalue weighted by Gasteiger charge is 2.52. The lowest BCUT2D eigenvalue weighted by atomic mass is 9.77. The van der Waals surface area contributed by atoms with Crippen LogP contribution < -0.4 is 5.46 Å². The summed E-state index contributed by atoms with van der Waals surface area (Å²) in [5.41, 5.74) is 0.307. The third-order valence-corrected chi connectivity index (χ3v) is 4.23. The Morgan fingerprint density at radius 3 is 2.28 bits per heavy atom.